The van der Waals surface area contributed by atoms with E-state index in [1.165, 1.54) is 0 Å². The highest BCUT2D eigenvalue weighted by molar-refractivity contribution is 7.09. The number of aryl methyl sites for hydroxylation is 3. The van der Waals surface area contributed by atoms with Crippen molar-refractivity contribution in [3.05, 3.63) is 34.3 Å². The molecule has 3 aromatic rings. The predicted molar refractivity (Wildman–Crippen MR) is 81.3 cm³/mol. The molecule has 20 heavy (non-hydrogen) atoms. The smallest absolute Gasteiger partial charge is 0.201 e. The number of nitrogen functional groups attached to an aromatic ring is 1. The minimum Gasteiger partial charge on any atom is -0.494 e. The van der Waals surface area contributed by atoms with Crippen LogP contribution in [0.2, 0.25) is 0 Å². The molecule has 0 aliphatic rings. The lowest BCUT2D eigenvalue weighted by molar-refractivity contribution is 0.419. The van der Waals surface area contributed by atoms with Gasteiger partial charge in [-0.1, -0.05) is 6.07 Å². The van der Waals surface area contributed by atoms with Crippen LogP contribution in [0.4, 0.5) is 5.95 Å². The second kappa shape index (κ2) is 5.13. The van der Waals surface area contributed by atoms with Crippen molar-refractivity contribution in [2.45, 2.75) is 19.9 Å². The Labute approximate surface area is 121 Å². The topological polar surface area (TPSA) is 66.0 Å². The largest absolute Gasteiger partial charge is 0.494 e. The van der Waals surface area contributed by atoms with Crippen molar-refractivity contribution in [2.24, 2.45) is 0 Å². The summed E-state index contributed by atoms with van der Waals surface area (Å²) < 4.78 is 7.33. The minimum absolute atomic E-state index is 0.512. The third kappa shape index (κ3) is 2.22. The van der Waals surface area contributed by atoms with Crippen LogP contribution < -0.4 is 10.5 Å². The molecule has 104 valence electrons. The highest BCUT2D eigenvalue weighted by Gasteiger charge is 2.12. The summed E-state index contributed by atoms with van der Waals surface area (Å²) in [5.41, 5.74) is 8.89. The zero-order valence-electron chi connectivity index (χ0n) is 11.5. The Bertz CT molecular complexity index is 747. The standard InChI is InChI=1S/C14H16N4OS/c1-9-8-20-12(16-9)6-7-18-10-4-3-5-11(19-2)13(10)17-14(18)15/h3-5,8H,6-7H2,1-2H3,(H2,15,17). The van der Waals surface area contributed by atoms with Crippen LogP contribution in [0, 0.1) is 6.92 Å². The quantitative estimate of drug-likeness (QED) is 0.801. The van der Waals surface area contributed by atoms with Gasteiger partial charge in [-0.05, 0) is 19.1 Å². The first-order valence-corrected chi connectivity index (χ1v) is 7.26. The van der Waals surface area contributed by atoms with Gasteiger partial charge in [0.05, 0.1) is 17.6 Å². The fraction of sp³-hybridized carbons (Fsp3) is 0.286. The van der Waals surface area contributed by atoms with E-state index >= 15 is 0 Å². The summed E-state index contributed by atoms with van der Waals surface area (Å²) >= 11 is 1.68. The Morgan fingerprint density at radius 3 is 2.90 bits per heavy atom. The minimum atomic E-state index is 0.512. The van der Waals surface area contributed by atoms with Crippen LogP contribution in [-0.2, 0) is 13.0 Å². The molecule has 0 aliphatic carbocycles. The number of hydrogen-bond acceptors (Lipinski definition) is 5. The van der Waals surface area contributed by atoms with E-state index in [-0.39, 0.29) is 0 Å². The maximum atomic E-state index is 6.03. The predicted octanol–water partition coefficient (Wildman–Crippen LogP) is 2.63. The number of nitrogens with two attached hydrogens (primary N) is 1. The van der Waals surface area contributed by atoms with Crippen LogP contribution >= 0.6 is 11.3 Å². The van der Waals surface area contributed by atoms with Gasteiger partial charge in [-0.25, -0.2) is 9.97 Å². The van der Waals surface area contributed by atoms with E-state index in [2.05, 4.69) is 15.3 Å². The number of hydrogen-bond donors (Lipinski definition) is 1. The Morgan fingerprint density at radius 1 is 1.35 bits per heavy atom. The molecular weight excluding hydrogens is 272 g/mol. The molecule has 0 spiro atoms. The fourth-order valence-corrected chi connectivity index (χ4v) is 3.03. The van der Waals surface area contributed by atoms with Gasteiger partial charge in [0.25, 0.3) is 0 Å². The number of methoxy groups -OCH3 is 1. The first kappa shape index (κ1) is 12.9. The molecule has 0 radical (unpaired) electrons. The molecule has 2 heterocycles. The molecule has 2 N–H and O–H groups in total. The summed E-state index contributed by atoms with van der Waals surface area (Å²) in [5, 5.41) is 3.18. The summed E-state index contributed by atoms with van der Waals surface area (Å²) in [7, 11) is 1.64. The van der Waals surface area contributed by atoms with Crippen LogP contribution in [-0.4, -0.2) is 21.6 Å². The van der Waals surface area contributed by atoms with Crippen LogP contribution in [0.15, 0.2) is 23.6 Å². The van der Waals surface area contributed by atoms with Gasteiger partial charge in [-0.3, -0.25) is 0 Å². The zero-order valence-corrected chi connectivity index (χ0v) is 12.3. The first-order valence-electron chi connectivity index (χ1n) is 6.38. The molecule has 0 saturated carbocycles. The maximum Gasteiger partial charge on any atom is 0.201 e. The molecule has 0 aliphatic heterocycles. The number of fused-ring (bicyclic) bond motifs is 1. The molecular formula is C14H16N4OS. The van der Waals surface area contributed by atoms with Crippen LogP contribution in [0.3, 0.4) is 0 Å². The lowest BCUT2D eigenvalue weighted by Gasteiger charge is -2.05. The van der Waals surface area contributed by atoms with Gasteiger partial charge in [0, 0.05) is 24.0 Å². The Hall–Kier alpha value is -2.08. The van der Waals surface area contributed by atoms with Gasteiger partial charge in [0.1, 0.15) is 11.3 Å². The van der Waals surface area contributed by atoms with Crippen molar-refractivity contribution in [1.29, 1.82) is 0 Å². The van der Waals surface area contributed by atoms with Gasteiger partial charge in [-0.15, -0.1) is 11.3 Å². The van der Waals surface area contributed by atoms with Gasteiger partial charge in [0.2, 0.25) is 5.95 Å². The van der Waals surface area contributed by atoms with Crippen molar-refractivity contribution in [1.82, 2.24) is 14.5 Å². The molecule has 2 aromatic heterocycles. The van der Waals surface area contributed by atoms with Crippen molar-refractivity contribution in [3.63, 3.8) is 0 Å². The maximum absolute atomic E-state index is 6.03. The molecule has 0 atom stereocenters. The molecule has 3 rings (SSSR count). The Morgan fingerprint density at radius 2 is 2.20 bits per heavy atom. The highest BCUT2D eigenvalue weighted by Crippen LogP contribution is 2.27. The molecule has 0 amide bonds. The highest BCUT2D eigenvalue weighted by atomic mass is 32.1. The lowest BCUT2D eigenvalue weighted by Crippen LogP contribution is -2.05. The number of benzene rings is 1. The van der Waals surface area contributed by atoms with Crippen molar-refractivity contribution >= 4 is 28.3 Å². The van der Waals surface area contributed by atoms with Crippen LogP contribution in [0.1, 0.15) is 10.7 Å². The Balaban J connectivity index is 1.93. The SMILES string of the molecule is COc1cccc2c1nc(N)n2CCc1nc(C)cs1. The second-order valence-electron chi connectivity index (χ2n) is 4.58. The molecule has 0 saturated heterocycles. The van der Waals surface area contributed by atoms with E-state index in [1.807, 2.05) is 29.7 Å². The molecule has 1 aromatic carbocycles. The molecule has 0 bridgehead atoms. The zero-order chi connectivity index (χ0) is 14.1. The van der Waals surface area contributed by atoms with E-state index in [4.69, 9.17) is 10.5 Å². The third-order valence-corrected chi connectivity index (χ3v) is 4.23. The summed E-state index contributed by atoms with van der Waals surface area (Å²) in [5.74, 6) is 1.26. The number of ether oxygens (including phenoxy) is 1. The number of rotatable bonds is 4. The van der Waals surface area contributed by atoms with E-state index in [9.17, 15) is 0 Å². The number of anilines is 1. The van der Waals surface area contributed by atoms with E-state index in [0.29, 0.717) is 5.95 Å². The number of thiazole rings is 1. The van der Waals surface area contributed by atoms with Gasteiger partial charge in [0.15, 0.2) is 0 Å². The van der Waals surface area contributed by atoms with Crippen molar-refractivity contribution in [3.8, 4) is 5.75 Å². The lowest BCUT2D eigenvalue weighted by atomic mass is 10.3. The summed E-state index contributed by atoms with van der Waals surface area (Å²) in [6, 6.07) is 5.85. The molecule has 0 fully saturated rings. The molecule has 5 nitrogen and oxygen atoms in total. The van der Waals surface area contributed by atoms with Crippen LogP contribution in [0.25, 0.3) is 11.0 Å². The number of imidazole rings is 1. The van der Waals surface area contributed by atoms with Crippen molar-refractivity contribution in [2.75, 3.05) is 12.8 Å². The van der Waals surface area contributed by atoms with Crippen molar-refractivity contribution < 1.29 is 4.74 Å². The van der Waals surface area contributed by atoms with E-state index in [0.717, 1.165) is 40.5 Å². The van der Waals surface area contributed by atoms with E-state index in [1.54, 1.807) is 18.4 Å². The van der Waals surface area contributed by atoms with Gasteiger partial charge in [-0.2, -0.15) is 0 Å². The second-order valence-corrected chi connectivity index (χ2v) is 5.52. The number of nitrogens with zero attached hydrogens (tertiary/aromatic N) is 3. The van der Waals surface area contributed by atoms with Gasteiger partial charge < -0.3 is 15.0 Å². The monoisotopic (exact) mass is 288 g/mol. The summed E-state index contributed by atoms with van der Waals surface area (Å²) in [6.45, 7) is 2.77. The molecule has 0 unspecified atom stereocenters. The van der Waals surface area contributed by atoms with Crippen LogP contribution in [0.5, 0.6) is 5.75 Å². The summed E-state index contributed by atoms with van der Waals surface area (Å²) in [6.07, 6.45) is 0.853. The molecule has 6 heteroatoms. The number of para-hydroxylation sites is 1. The normalized spacial score (nSPS) is 11.1. The Kier molecular flexibility index (Phi) is 3.31. The average molecular weight is 288 g/mol. The fourth-order valence-electron chi connectivity index (χ4n) is 2.26. The summed E-state index contributed by atoms with van der Waals surface area (Å²) in [4.78, 5) is 8.87. The first-order chi connectivity index (χ1) is 9.69. The third-order valence-electron chi connectivity index (χ3n) is 3.21. The van der Waals surface area contributed by atoms with E-state index < -0.39 is 0 Å². The van der Waals surface area contributed by atoms with Gasteiger partial charge >= 0.3 is 0 Å². The number of aromatic nitrogens is 3. The average Bonchev–Trinajstić information content (AvgIpc) is 2.99.